The quantitative estimate of drug-likeness (QED) is 0.724. The van der Waals surface area contributed by atoms with Crippen LogP contribution in [-0.4, -0.2) is 62.8 Å². The number of nitrogens with zero attached hydrogens (tertiary/aromatic N) is 1. The summed E-state index contributed by atoms with van der Waals surface area (Å²) in [5.41, 5.74) is 0. The third-order valence-corrected chi connectivity index (χ3v) is 4.24. The van der Waals surface area contributed by atoms with E-state index in [9.17, 15) is 4.79 Å². The number of amides is 1. The van der Waals surface area contributed by atoms with Gasteiger partial charge < -0.3 is 15.4 Å². The lowest BCUT2D eigenvalue weighted by molar-refractivity contribution is -0.121. The number of morpholine rings is 1. The molecule has 1 saturated heterocycles. The monoisotopic (exact) mass is 283 g/mol. The van der Waals surface area contributed by atoms with E-state index in [1.807, 2.05) is 0 Å². The van der Waals surface area contributed by atoms with Crippen LogP contribution in [0.5, 0.6) is 0 Å². The van der Waals surface area contributed by atoms with Crippen molar-refractivity contribution in [2.45, 2.75) is 44.6 Å². The lowest BCUT2D eigenvalue weighted by Crippen LogP contribution is -2.42. The molecule has 1 saturated carbocycles. The molecule has 0 aromatic carbocycles. The van der Waals surface area contributed by atoms with E-state index < -0.39 is 0 Å². The van der Waals surface area contributed by atoms with Crippen molar-refractivity contribution in [2.75, 3.05) is 45.9 Å². The Bertz CT molecular complexity index is 248. The topological polar surface area (TPSA) is 53.6 Å². The molecular formula is C15H29N3O2. The van der Waals surface area contributed by atoms with Gasteiger partial charge in [-0.2, -0.15) is 0 Å². The third kappa shape index (κ3) is 6.20. The minimum atomic E-state index is 0.168. The van der Waals surface area contributed by atoms with Crippen molar-refractivity contribution in [2.24, 2.45) is 0 Å². The van der Waals surface area contributed by atoms with Gasteiger partial charge in [0, 0.05) is 45.2 Å². The van der Waals surface area contributed by atoms with E-state index in [2.05, 4.69) is 15.5 Å². The van der Waals surface area contributed by atoms with Gasteiger partial charge in [-0.15, -0.1) is 0 Å². The van der Waals surface area contributed by atoms with Crippen LogP contribution in [0.2, 0.25) is 0 Å². The minimum absolute atomic E-state index is 0.168. The second-order valence-electron chi connectivity index (χ2n) is 5.84. The van der Waals surface area contributed by atoms with Crippen molar-refractivity contribution < 1.29 is 9.53 Å². The Hall–Kier alpha value is -0.650. The van der Waals surface area contributed by atoms with Crippen molar-refractivity contribution in [1.82, 2.24) is 15.5 Å². The molecule has 116 valence electrons. The van der Waals surface area contributed by atoms with E-state index in [0.29, 0.717) is 12.5 Å². The van der Waals surface area contributed by atoms with Crippen LogP contribution >= 0.6 is 0 Å². The summed E-state index contributed by atoms with van der Waals surface area (Å²) in [5.74, 6) is 0.168. The van der Waals surface area contributed by atoms with E-state index in [-0.39, 0.29) is 5.91 Å². The van der Waals surface area contributed by atoms with Gasteiger partial charge >= 0.3 is 0 Å². The van der Waals surface area contributed by atoms with Crippen LogP contribution in [0.1, 0.15) is 38.5 Å². The molecule has 0 aromatic heterocycles. The largest absolute Gasteiger partial charge is 0.379 e. The van der Waals surface area contributed by atoms with Crippen molar-refractivity contribution in [3.05, 3.63) is 0 Å². The Morgan fingerprint density at radius 1 is 1.10 bits per heavy atom. The minimum Gasteiger partial charge on any atom is -0.379 e. The molecule has 0 unspecified atom stereocenters. The predicted molar refractivity (Wildman–Crippen MR) is 79.8 cm³/mol. The summed E-state index contributed by atoms with van der Waals surface area (Å²) in [4.78, 5) is 14.1. The molecule has 1 aliphatic heterocycles. The van der Waals surface area contributed by atoms with Gasteiger partial charge in [-0.3, -0.25) is 9.69 Å². The summed E-state index contributed by atoms with van der Waals surface area (Å²) in [5, 5.41) is 6.51. The molecular weight excluding hydrogens is 254 g/mol. The van der Waals surface area contributed by atoms with E-state index in [0.717, 1.165) is 45.9 Å². The zero-order chi connectivity index (χ0) is 14.0. The molecule has 20 heavy (non-hydrogen) atoms. The summed E-state index contributed by atoms with van der Waals surface area (Å²) in [6, 6.07) is 0.643. The highest BCUT2D eigenvalue weighted by Gasteiger charge is 2.13. The Morgan fingerprint density at radius 2 is 1.85 bits per heavy atom. The third-order valence-electron chi connectivity index (χ3n) is 4.24. The van der Waals surface area contributed by atoms with Crippen LogP contribution < -0.4 is 10.6 Å². The molecule has 0 spiro atoms. The fourth-order valence-electron chi connectivity index (χ4n) is 2.96. The average Bonchev–Trinajstić information content (AvgIpc) is 2.49. The molecule has 1 aliphatic carbocycles. The maximum Gasteiger partial charge on any atom is 0.221 e. The number of nitrogens with one attached hydrogen (secondary N) is 2. The molecule has 2 aliphatic rings. The van der Waals surface area contributed by atoms with Gasteiger partial charge in [0.05, 0.1) is 13.2 Å². The number of carbonyl (C=O) groups excluding carboxylic acids is 1. The number of rotatable bonds is 7. The lowest BCUT2D eigenvalue weighted by Gasteiger charge is -2.26. The average molecular weight is 283 g/mol. The van der Waals surface area contributed by atoms with E-state index in [1.54, 1.807) is 0 Å². The van der Waals surface area contributed by atoms with Gasteiger partial charge in [0.15, 0.2) is 0 Å². The van der Waals surface area contributed by atoms with Crippen LogP contribution in [0.25, 0.3) is 0 Å². The fourth-order valence-corrected chi connectivity index (χ4v) is 2.96. The molecule has 0 bridgehead atoms. The predicted octanol–water partition coefficient (Wildman–Crippen LogP) is 0.747. The highest BCUT2D eigenvalue weighted by atomic mass is 16.5. The van der Waals surface area contributed by atoms with Crippen molar-refractivity contribution in [3.8, 4) is 0 Å². The van der Waals surface area contributed by atoms with Gasteiger partial charge in [0.1, 0.15) is 0 Å². The molecule has 1 amide bonds. The van der Waals surface area contributed by atoms with Crippen molar-refractivity contribution in [3.63, 3.8) is 0 Å². The Kier molecular flexibility index (Phi) is 7.33. The second-order valence-corrected chi connectivity index (χ2v) is 5.84. The van der Waals surface area contributed by atoms with Gasteiger partial charge in [-0.25, -0.2) is 0 Å². The number of carbonyl (C=O) groups is 1. The van der Waals surface area contributed by atoms with Crippen LogP contribution in [0.15, 0.2) is 0 Å². The molecule has 1 heterocycles. The lowest BCUT2D eigenvalue weighted by atomic mass is 9.95. The first-order valence-electron chi connectivity index (χ1n) is 8.15. The molecule has 2 rings (SSSR count). The molecule has 2 fully saturated rings. The number of hydrogen-bond acceptors (Lipinski definition) is 4. The summed E-state index contributed by atoms with van der Waals surface area (Å²) >= 11 is 0. The second kappa shape index (κ2) is 9.32. The summed E-state index contributed by atoms with van der Waals surface area (Å²) in [6.45, 7) is 6.11. The Morgan fingerprint density at radius 3 is 2.60 bits per heavy atom. The summed E-state index contributed by atoms with van der Waals surface area (Å²) in [7, 11) is 0. The smallest absolute Gasteiger partial charge is 0.221 e. The normalized spacial score (nSPS) is 21.8. The zero-order valence-corrected chi connectivity index (χ0v) is 12.5. The first-order chi connectivity index (χ1) is 9.84. The number of ether oxygens (including phenoxy) is 1. The van der Waals surface area contributed by atoms with Crippen molar-refractivity contribution in [1.29, 1.82) is 0 Å². The molecule has 5 nitrogen and oxygen atoms in total. The standard InChI is InChI=1S/C15H29N3O2/c19-15(6-7-16-14-4-2-1-3-5-14)17-8-9-18-10-12-20-13-11-18/h14,16H,1-13H2,(H,17,19). The Labute approximate surface area is 122 Å². The number of hydrogen-bond donors (Lipinski definition) is 2. The maximum atomic E-state index is 11.7. The molecule has 2 N–H and O–H groups in total. The van der Waals surface area contributed by atoms with Crippen LogP contribution in [0, 0.1) is 0 Å². The van der Waals surface area contributed by atoms with Gasteiger partial charge in [-0.1, -0.05) is 19.3 Å². The first kappa shape index (κ1) is 15.7. The Balaban J connectivity index is 1.45. The van der Waals surface area contributed by atoms with Crippen LogP contribution in [-0.2, 0) is 9.53 Å². The van der Waals surface area contributed by atoms with Gasteiger partial charge in [0.2, 0.25) is 5.91 Å². The van der Waals surface area contributed by atoms with Gasteiger partial charge in [-0.05, 0) is 12.8 Å². The fraction of sp³-hybridized carbons (Fsp3) is 0.933. The van der Waals surface area contributed by atoms with Crippen LogP contribution in [0.3, 0.4) is 0 Å². The van der Waals surface area contributed by atoms with Crippen LogP contribution in [0.4, 0.5) is 0 Å². The molecule has 0 radical (unpaired) electrons. The van der Waals surface area contributed by atoms with E-state index in [1.165, 1.54) is 32.1 Å². The van der Waals surface area contributed by atoms with Crippen molar-refractivity contribution >= 4 is 5.91 Å². The molecule has 5 heteroatoms. The van der Waals surface area contributed by atoms with E-state index >= 15 is 0 Å². The molecule has 0 atom stereocenters. The maximum absolute atomic E-state index is 11.7. The highest BCUT2D eigenvalue weighted by Crippen LogP contribution is 2.17. The zero-order valence-electron chi connectivity index (χ0n) is 12.5. The first-order valence-corrected chi connectivity index (χ1v) is 8.15. The summed E-state index contributed by atoms with van der Waals surface area (Å²) in [6.07, 6.45) is 7.20. The van der Waals surface area contributed by atoms with Gasteiger partial charge in [0.25, 0.3) is 0 Å². The molecule has 0 aromatic rings. The highest BCUT2D eigenvalue weighted by molar-refractivity contribution is 5.76. The summed E-state index contributed by atoms with van der Waals surface area (Å²) < 4.78 is 5.30. The van der Waals surface area contributed by atoms with E-state index in [4.69, 9.17) is 4.74 Å². The SMILES string of the molecule is O=C(CCNC1CCCCC1)NCCN1CCOCC1.